The smallest absolute Gasteiger partial charge is 0.187 e. The van der Waals surface area contributed by atoms with E-state index in [1.165, 1.54) is 26.7 Å². The minimum atomic E-state index is -1.70. The Morgan fingerprint density at radius 2 is 1.23 bits per heavy atom. The maximum absolute atomic E-state index is 12.0. The summed E-state index contributed by atoms with van der Waals surface area (Å²) in [5.41, 5.74) is 0.350. The lowest BCUT2D eigenvalue weighted by Gasteiger charge is -2.61. The van der Waals surface area contributed by atoms with Crippen LogP contribution in [0, 0.1) is 52.3 Å². The lowest BCUT2D eigenvalue weighted by molar-refractivity contribution is -0.389. The minimum absolute atomic E-state index is 0.122. The first-order valence-electron chi connectivity index (χ1n) is 23.5. The molecule has 4 saturated carbocycles. The lowest BCUT2D eigenvalue weighted by Crippen LogP contribution is -2.66. The van der Waals surface area contributed by atoms with Crippen molar-refractivity contribution in [2.45, 2.75) is 216 Å². The highest BCUT2D eigenvalue weighted by Gasteiger charge is 2.69. The highest BCUT2D eigenvalue weighted by molar-refractivity contribution is 5.15. The SMILES string of the molecule is C[C@@H]1CC[C@@]2(OC1)O[C@@H]1C[C@@H]3[C@@H]4CC[C@H]5C[C@H](O[C@@H]6O[C@H](CO)[C@@H](O[C@@H]7O[C@H](C)[C@@H](O)[C@H](O)[C@@H]7O)[C@H](O)[C@H]6O[C@@H]6O[C@@H](C)[C@H](O)[C@@H](O)[C@H]6O)CC[C@]5(C)[C@H]4CC[C@]3(C)[C@H]1[C@@H]2C. The van der Waals surface area contributed by atoms with Gasteiger partial charge >= 0.3 is 0 Å². The second-order valence-electron chi connectivity index (χ2n) is 21.5. The van der Waals surface area contributed by atoms with Crippen LogP contribution in [0.2, 0.25) is 0 Å². The van der Waals surface area contributed by atoms with Gasteiger partial charge in [-0.1, -0.05) is 27.7 Å². The molecule has 350 valence electrons. The van der Waals surface area contributed by atoms with Crippen molar-refractivity contribution in [3.05, 3.63) is 0 Å². The topological polar surface area (TPSA) is 236 Å². The van der Waals surface area contributed by atoms with Gasteiger partial charge in [-0.3, -0.25) is 0 Å². The minimum Gasteiger partial charge on any atom is -0.394 e. The molecule has 0 aromatic heterocycles. The Kier molecular flexibility index (Phi) is 12.6. The Morgan fingerprint density at radius 1 is 0.590 bits per heavy atom. The first kappa shape index (κ1) is 45.5. The summed E-state index contributed by atoms with van der Waals surface area (Å²) in [5, 5.41) is 85.9. The van der Waals surface area contributed by atoms with Gasteiger partial charge in [0.25, 0.3) is 0 Å². The summed E-state index contributed by atoms with van der Waals surface area (Å²) < 4.78 is 50.3. The Bertz CT molecular complexity index is 1530. The van der Waals surface area contributed by atoms with Gasteiger partial charge in [0.2, 0.25) is 0 Å². The maximum atomic E-state index is 12.0. The molecule has 16 heteroatoms. The van der Waals surface area contributed by atoms with Gasteiger partial charge in [0, 0.05) is 12.3 Å². The normalized spacial score (nSPS) is 59.7. The van der Waals surface area contributed by atoms with E-state index in [1.54, 1.807) is 0 Å². The zero-order valence-electron chi connectivity index (χ0n) is 36.7. The molecule has 61 heavy (non-hydrogen) atoms. The van der Waals surface area contributed by atoms with Gasteiger partial charge in [-0.05, 0) is 118 Å². The highest BCUT2D eigenvalue weighted by Crippen LogP contribution is 2.71. The zero-order chi connectivity index (χ0) is 43.5. The third-order valence-corrected chi connectivity index (χ3v) is 18.2. The molecule has 0 unspecified atom stereocenters. The summed E-state index contributed by atoms with van der Waals surface area (Å²) in [6.45, 7) is 12.9. The first-order chi connectivity index (χ1) is 28.9. The van der Waals surface area contributed by atoms with Crippen LogP contribution in [-0.4, -0.2) is 164 Å². The lowest BCUT2D eigenvalue weighted by atomic mass is 9.44. The molecule has 0 bridgehead atoms. The number of ether oxygens (including phenoxy) is 8. The van der Waals surface area contributed by atoms with Gasteiger partial charge in [0.1, 0.15) is 61.0 Å². The van der Waals surface area contributed by atoms with Crippen LogP contribution < -0.4 is 0 Å². The van der Waals surface area contributed by atoms with Crippen molar-refractivity contribution in [1.82, 2.24) is 0 Å². The molecule has 0 aromatic carbocycles. The van der Waals surface area contributed by atoms with Crippen LogP contribution in [-0.2, 0) is 37.9 Å². The van der Waals surface area contributed by atoms with Crippen molar-refractivity contribution in [3.8, 4) is 0 Å². The van der Waals surface area contributed by atoms with E-state index < -0.39 is 105 Å². The Labute approximate surface area is 359 Å². The van der Waals surface area contributed by atoms with Crippen molar-refractivity contribution in [2.75, 3.05) is 13.2 Å². The van der Waals surface area contributed by atoms with Crippen molar-refractivity contribution in [1.29, 1.82) is 0 Å². The average molecular weight is 871 g/mol. The average Bonchev–Trinajstić information content (AvgIpc) is 3.69. The van der Waals surface area contributed by atoms with E-state index in [0.29, 0.717) is 41.4 Å². The van der Waals surface area contributed by atoms with Crippen LogP contribution in [0.5, 0.6) is 0 Å². The summed E-state index contributed by atoms with van der Waals surface area (Å²) in [6, 6.07) is 0. The van der Waals surface area contributed by atoms with E-state index in [2.05, 4.69) is 27.7 Å². The number of aliphatic hydroxyl groups is 8. The number of hydrogen-bond acceptors (Lipinski definition) is 16. The molecule has 5 saturated heterocycles. The molecule has 4 aliphatic carbocycles. The van der Waals surface area contributed by atoms with Crippen LogP contribution >= 0.6 is 0 Å². The van der Waals surface area contributed by atoms with E-state index in [-0.39, 0.29) is 23.0 Å². The molecule has 5 aliphatic heterocycles. The summed E-state index contributed by atoms with van der Waals surface area (Å²) in [7, 11) is 0. The van der Waals surface area contributed by atoms with Crippen LogP contribution in [0.15, 0.2) is 0 Å². The van der Waals surface area contributed by atoms with Gasteiger partial charge < -0.3 is 78.7 Å². The summed E-state index contributed by atoms with van der Waals surface area (Å²) >= 11 is 0. The fourth-order valence-electron chi connectivity index (χ4n) is 14.6. The molecule has 9 aliphatic rings. The van der Waals surface area contributed by atoms with Crippen molar-refractivity contribution in [2.24, 2.45) is 52.3 Å². The Hall–Kier alpha value is -0.640. The van der Waals surface area contributed by atoms with Gasteiger partial charge in [-0.2, -0.15) is 0 Å². The molecule has 27 atom stereocenters. The van der Waals surface area contributed by atoms with E-state index >= 15 is 0 Å². The van der Waals surface area contributed by atoms with Gasteiger partial charge in [0.15, 0.2) is 24.7 Å². The van der Waals surface area contributed by atoms with Crippen LogP contribution in [0.25, 0.3) is 0 Å². The van der Waals surface area contributed by atoms with E-state index in [0.717, 1.165) is 58.0 Å². The fraction of sp³-hybridized carbons (Fsp3) is 1.00. The standard InChI is InChI=1S/C45H74O16/c1-19-9-14-45(54-18-19)20(2)30-28(61-45)16-27-25-8-7-23-15-24(10-12-43(23,5)26(25)11-13-44(27,30)6)57-42-39(60-41-36(52)34(50)32(48)22(4)56-41)37(53)38(29(17-46)58-42)59-40-35(51)33(49)31(47)21(3)55-40/h19-42,46-53H,7-18H2,1-6H3/t19-,20+,21-,22+,23+,24-,25-,26+,27-,28-,29-,30+,31-,32+,33+,34-,35+,36-,37+,38-,39-,40+,41+,42-,43+,44+,45-/m1/s1. The van der Waals surface area contributed by atoms with Crippen LogP contribution in [0.1, 0.15) is 106 Å². The second-order valence-corrected chi connectivity index (χ2v) is 21.5. The van der Waals surface area contributed by atoms with E-state index in [1.807, 2.05) is 0 Å². The molecule has 0 radical (unpaired) electrons. The van der Waals surface area contributed by atoms with Gasteiger partial charge in [-0.15, -0.1) is 0 Å². The summed E-state index contributed by atoms with van der Waals surface area (Å²) in [6.07, 6.45) is -11.0. The molecule has 5 heterocycles. The largest absolute Gasteiger partial charge is 0.394 e. The third-order valence-electron chi connectivity index (χ3n) is 18.2. The molecule has 0 aromatic rings. The quantitative estimate of drug-likeness (QED) is 0.169. The van der Waals surface area contributed by atoms with E-state index in [4.69, 9.17) is 37.9 Å². The van der Waals surface area contributed by atoms with Gasteiger partial charge in [0.05, 0.1) is 37.6 Å². The molecule has 0 amide bonds. The Morgan fingerprint density at radius 3 is 1.85 bits per heavy atom. The fourth-order valence-corrected chi connectivity index (χ4v) is 14.6. The van der Waals surface area contributed by atoms with Crippen LogP contribution in [0.4, 0.5) is 0 Å². The van der Waals surface area contributed by atoms with Crippen molar-refractivity contribution >= 4 is 0 Å². The molecule has 1 spiro atoms. The van der Waals surface area contributed by atoms with E-state index in [9.17, 15) is 40.9 Å². The Balaban J connectivity index is 0.897. The van der Waals surface area contributed by atoms with Crippen molar-refractivity contribution in [3.63, 3.8) is 0 Å². The predicted molar refractivity (Wildman–Crippen MR) is 213 cm³/mol. The molecular formula is C45H74O16. The number of fused-ring (bicyclic) bond motifs is 7. The maximum Gasteiger partial charge on any atom is 0.187 e. The summed E-state index contributed by atoms with van der Waals surface area (Å²) in [4.78, 5) is 0. The highest BCUT2D eigenvalue weighted by atomic mass is 16.8. The van der Waals surface area contributed by atoms with Gasteiger partial charge in [-0.25, -0.2) is 0 Å². The zero-order valence-corrected chi connectivity index (χ0v) is 36.7. The molecule has 8 N–H and O–H groups in total. The molecule has 9 rings (SSSR count). The molecule has 16 nitrogen and oxygen atoms in total. The number of rotatable bonds is 7. The third kappa shape index (κ3) is 7.50. The molecule has 9 fully saturated rings. The van der Waals surface area contributed by atoms with Crippen LogP contribution in [0.3, 0.4) is 0 Å². The second kappa shape index (κ2) is 16.9. The predicted octanol–water partition coefficient (Wildman–Crippen LogP) is 1.32. The molecular weight excluding hydrogens is 796 g/mol. The summed E-state index contributed by atoms with van der Waals surface area (Å²) in [5.74, 6) is 3.27. The monoisotopic (exact) mass is 870 g/mol. The first-order valence-corrected chi connectivity index (χ1v) is 23.5. The van der Waals surface area contributed by atoms with Crippen molar-refractivity contribution < 1.29 is 78.7 Å². The number of hydrogen-bond donors (Lipinski definition) is 8. The number of aliphatic hydroxyl groups excluding tert-OH is 8.